The molecule has 0 unspecified atom stereocenters. The lowest BCUT2D eigenvalue weighted by molar-refractivity contribution is -0.385. The van der Waals surface area contributed by atoms with Crippen molar-refractivity contribution in [2.45, 2.75) is 0 Å². The van der Waals surface area contributed by atoms with Crippen molar-refractivity contribution in [2.24, 2.45) is 0 Å². The topological polar surface area (TPSA) is 72.2 Å². The van der Waals surface area contributed by atoms with Crippen LogP contribution in [0.2, 0.25) is 10.0 Å². The fourth-order valence-corrected chi connectivity index (χ4v) is 1.90. The minimum Gasteiger partial charge on any atom is -0.322 e. The smallest absolute Gasteiger partial charge is 0.282 e. The van der Waals surface area contributed by atoms with E-state index in [1.54, 1.807) is 12.1 Å². The maximum Gasteiger partial charge on any atom is 0.282 e. The zero-order chi connectivity index (χ0) is 14.7. The van der Waals surface area contributed by atoms with Crippen LogP contribution in [0.5, 0.6) is 0 Å². The van der Waals surface area contributed by atoms with Gasteiger partial charge in [0.2, 0.25) is 0 Å². The lowest BCUT2D eigenvalue weighted by Gasteiger charge is -2.06. The molecular weight excluding hydrogens is 303 g/mol. The Bertz CT molecular complexity index is 689. The summed E-state index contributed by atoms with van der Waals surface area (Å²) in [4.78, 5) is 22.3. The Kier molecular flexibility index (Phi) is 4.22. The van der Waals surface area contributed by atoms with E-state index in [1.807, 2.05) is 0 Å². The molecule has 0 heterocycles. The number of benzene rings is 2. The number of amides is 1. The van der Waals surface area contributed by atoms with Crippen LogP contribution in [0.25, 0.3) is 0 Å². The number of carbonyl (C=O) groups is 1. The Hall–Kier alpha value is -2.11. The molecule has 2 aromatic rings. The maximum atomic E-state index is 12.0. The van der Waals surface area contributed by atoms with Crippen LogP contribution in [-0.2, 0) is 0 Å². The third kappa shape index (κ3) is 3.07. The van der Waals surface area contributed by atoms with Gasteiger partial charge >= 0.3 is 0 Å². The van der Waals surface area contributed by atoms with Crippen LogP contribution in [0.4, 0.5) is 11.4 Å². The van der Waals surface area contributed by atoms with Gasteiger partial charge < -0.3 is 5.32 Å². The summed E-state index contributed by atoms with van der Waals surface area (Å²) < 4.78 is 0. The zero-order valence-electron chi connectivity index (χ0n) is 9.97. The highest BCUT2D eigenvalue weighted by Gasteiger charge is 2.19. The summed E-state index contributed by atoms with van der Waals surface area (Å²) in [6.07, 6.45) is 0. The molecule has 2 aromatic carbocycles. The van der Waals surface area contributed by atoms with E-state index >= 15 is 0 Å². The Labute approximate surface area is 124 Å². The predicted molar refractivity (Wildman–Crippen MR) is 77.5 cm³/mol. The number of nitrogens with zero attached hydrogens (tertiary/aromatic N) is 1. The predicted octanol–water partition coefficient (Wildman–Crippen LogP) is 4.15. The van der Waals surface area contributed by atoms with Crippen molar-refractivity contribution in [3.05, 3.63) is 68.2 Å². The molecular formula is C13H8Cl2N2O3. The van der Waals surface area contributed by atoms with Gasteiger partial charge in [-0.25, -0.2) is 0 Å². The van der Waals surface area contributed by atoms with Crippen LogP contribution >= 0.6 is 23.2 Å². The van der Waals surface area contributed by atoms with Gasteiger partial charge in [-0.15, -0.1) is 0 Å². The zero-order valence-corrected chi connectivity index (χ0v) is 11.5. The number of hydrogen-bond donors (Lipinski definition) is 1. The van der Waals surface area contributed by atoms with E-state index in [0.717, 1.165) is 0 Å². The minimum atomic E-state index is -0.607. The third-order valence-corrected chi connectivity index (χ3v) is 3.26. The standard InChI is InChI=1S/C13H8Cl2N2O3/c14-10-6-5-8(7-11(10)15)16-13(18)9-3-1-2-4-12(9)17(19)20/h1-7H,(H,16,18). The van der Waals surface area contributed by atoms with E-state index in [2.05, 4.69) is 5.32 Å². The second kappa shape index (κ2) is 5.90. The summed E-state index contributed by atoms with van der Waals surface area (Å²) in [5, 5.41) is 14.0. The molecule has 1 amide bonds. The van der Waals surface area contributed by atoms with Gasteiger partial charge in [0.15, 0.2) is 0 Å². The molecule has 0 saturated heterocycles. The Morgan fingerprint density at radius 1 is 1.10 bits per heavy atom. The number of nitro groups is 1. The van der Waals surface area contributed by atoms with E-state index < -0.39 is 10.8 Å². The average molecular weight is 311 g/mol. The van der Waals surface area contributed by atoms with Crippen molar-refractivity contribution in [2.75, 3.05) is 5.32 Å². The number of halogens is 2. The number of rotatable bonds is 3. The highest BCUT2D eigenvalue weighted by Crippen LogP contribution is 2.26. The lowest BCUT2D eigenvalue weighted by Crippen LogP contribution is -2.13. The molecule has 7 heteroatoms. The second-order valence-corrected chi connectivity index (χ2v) is 4.67. The fraction of sp³-hybridized carbons (Fsp3) is 0. The summed E-state index contributed by atoms with van der Waals surface area (Å²) in [6.45, 7) is 0. The first kappa shape index (κ1) is 14.3. The monoisotopic (exact) mass is 310 g/mol. The average Bonchev–Trinajstić information content (AvgIpc) is 2.43. The Morgan fingerprint density at radius 3 is 2.45 bits per heavy atom. The fourth-order valence-electron chi connectivity index (χ4n) is 1.60. The molecule has 0 bridgehead atoms. The molecule has 0 aliphatic rings. The van der Waals surface area contributed by atoms with E-state index in [4.69, 9.17) is 23.2 Å². The molecule has 5 nitrogen and oxygen atoms in total. The lowest BCUT2D eigenvalue weighted by atomic mass is 10.1. The van der Waals surface area contributed by atoms with Crippen molar-refractivity contribution >= 4 is 40.5 Å². The quantitative estimate of drug-likeness (QED) is 0.683. The molecule has 0 spiro atoms. The van der Waals surface area contributed by atoms with Crippen LogP contribution < -0.4 is 5.32 Å². The van der Waals surface area contributed by atoms with Gasteiger partial charge in [-0.2, -0.15) is 0 Å². The number of hydrogen-bond acceptors (Lipinski definition) is 3. The summed E-state index contributed by atoms with van der Waals surface area (Å²) in [7, 11) is 0. The third-order valence-electron chi connectivity index (χ3n) is 2.52. The summed E-state index contributed by atoms with van der Waals surface area (Å²) >= 11 is 11.6. The summed E-state index contributed by atoms with van der Waals surface area (Å²) in [6, 6.07) is 10.2. The van der Waals surface area contributed by atoms with E-state index in [-0.39, 0.29) is 16.3 Å². The molecule has 0 aliphatic heterocycles. The number of anilines is 1. The molecule has 2 rings (SSSR count). The van der Waals surface area contributed by atoms with E-state index in [9.17, 15) is 14.9 Å². The normalized spacial score (nSPS) is 10.1. The first-order chi connectivity index (χ1) is 9.49. The van der Waals surface area contributed by atoms with Crippen LogP contribution in [0, 0.1) is 10.1 Å². The second-order valence-electron chi connectivity index (χ2n) is 3.86. The number of nitro benzene ring substituents is 1. The Morgan fingerprint density at radius 2 is 1.80 bits per heavy atom. The summed E-state index contributed by atoms with van der Waals surface area (Å²) in [5.41, 5.74) is 0.121. The van der Waals surface area contributed by atoms with Crippen molar-refractivity contribution in [1.29, 1.82) is 0 Å². The molecule has 102 valence electrons. The van der Waals surface area contributed by atoms with Gasteiger partial charge in [-0.05, 0) is 24.3 Å². The number of para-hydroxylation sites is 1. The van der Waals surface area contributed by atoms with Crippen molar-refractivity contribution in [1.82, 2.24) is 0 Å². The van der Waals surface area contributed by atoms with Crippen LogP contribution in [0.15, 0.2) is 42.5 Å². The maximum absolute atomic E-state index is 12.0. The Balaban J connectivity index is 2.28. The number of carbonyl (C=O) groups excluding carboxylic acids is 1. The molecule has 0 radical (unpaired) electrons. The van der Waals surface area contributed by atoms with E-state index in [1.165, 1.54) is 30.3 Å². The molecule has 0 saturated carbocycles. The first-order valence-electron chi connectivity index (χ1n) is 5.49. The van der Waals surface area contributed by atoms with Crippen molar-refractivity contribution in [3.8, 4) is 0 Å². The van der Waals surface area contributed by atoms with Gasteiger partial charge in [0.25, 0.3) is 11.6 Å². The van der Waals surface area contributed by atoms with E-state index in [0.29, 0.717) is 10.7 Å². The molecule has 0 aliphatic carbocycles. The van der Waals surface area contributed by atoms with Gasteiger partial charge in [-0.1, -0.05) is 35.3 Å². The van der Waals surface area contributed by atoms with Gasteiger partial charge in [0.1, 0.15) is 5.56 Å². The number of nitrogens with one attached hydrogen (secondary N) is 1. The largest absolute Gasteiger partial charge is 0.322 e. The molecule has 20 heavy (non-hydrogen) atoms. The van der Waals surface area contributed by atoms with Crippen LogP contribution in [0.1, 0.15) is 10.4 Å². The van der Waals surface area contributed by atoms with Crippen LogP contribution in [-0.4, -0.2) is 10.8 Å². The van der Waals surface area contributed by atoms with Crippen LogP contribution in [0.3, 0.4) is 0 Å². The van der Waals surface area contributed by atoms with Crippen molar-refractivity contribution < 1.29 is 9.72 Å². The molecule has 1 N–H and O–H groups in total. The SMILES string of the molecule is O=C(Nc1ccc(Cl)c(Cl)c1)c1ccccc1[N+](=O)[O-]. The molecule has 0 fully saturated rings. The first-order valence-corrected chi connectivity index (χ1v) is 6.24. The van der Waals surface area contributed by atoms with Gasteiger partial charge in [0.05, 0.1) is 15.0 Å². The van der Waals surface area contributed by atoms with Gasteiger partial charge in [-0.3, -0.25) is 14.9 Å². The van der Waals surface area contributed by atoms with Crippen molar-refractivity contribution in [3.63, 3.8) is 0 Å². The highest BCUT2D eigenvalue weighted by molar-refractivity contribution is 6.42. The van der Waals surface area contributed by atoms with Gasteiger partial charge in [0, 0.05) is 11.8 Å². The molecule has 0 atom stereocenters. The molecule has 0 aromatic heterocycles. The minimum absolute atomic E-state index is 0.0245. The summed E-state index contributed by atoms with van der Waals surface area (Å²) in [5.74, 6) is -0.587. The highest BCUT2D eigenvalue weighted by atomic mass is 35.5.